The highest BCUT2D eigenvalue weighted by molar-refractivity contribution is 5.94. The normalized spacial score (nSPS) is 29.4. The molecule has 3 aliphatic rings. The summed E-state index contributed by atoms with van der Waals surface area (Å²) in [5.41, 5.74) is 11.2. The van der Waals surface area contributed by atoms with Crippen LogP contribution in [-0.2, 0) is 19.2 Å². The van der Waals surface area contributed by atoms with E-state index in [9.17, 15) is 19.2 Å². The van der Waals surface area contributed by atoms with Crippen LogP contribution in [0.15, 0.2) is 0 Å². The Morgan fingerprint density at radius 1 is 1.27 bits per heavy atom. The van der Waals surface area contributed by atoms with Crippen LogP contribution in [0, 0.1) is 22.7 Å². The van der Waals surface area contributed by atoms with Crippen molar-refractivity contribution >= 4 is 23.6 Å². The molecule has 9 nitrogen and oxygen atoms in total. The number of nitrogens with zero attached hydrogens (tertiary/aromatic N) is 2. The third-order valence-electron chi connectivity index (χ3n) is 7.19. The van der Waals surface area contributed by atoms with Gasteiger partial charge in [-0.2, -0.15) is 0 Å². The molecule has 5 atom stereocenters. The Bertz CT molecular complexity index is 759. The van der Waals surface area contributed by atoms with Gasteiger partial charge in [0.1, 0.15) is 12.1 Å². The van der Waals surface area contributed by atoms with Gasteiger partial charge in [0.05, 0.1) is 6.04 Å². The molecule has 5 unspecified atom stereocenters. The zero-order chi connectivity index (χ0) is 22.6. The van der Waals surface area contributed by atoms with Gasteiger partial charge in [-0.05, 0) is 29.1 Å². The Labute approximate surface area is 177 Å². The van der Waals surface area contributed by atoms with Crippen LogP contribution in [0.3, 0.4) is 0 Å². The van der Waals surface area contributed by atoms with Gasteiger partial charge in [0.2, 0.25) is 23.6 Å². The molecule has 0 spiro atoms. The van der Waals surface area contributed by atoms with Crippen molar-refractivity contribution in [2.75, 3.05) is 19.6 Å². The number of carbonyl (C=O) groups is 4. The number of nitrogens with two attached hydrogens (primary N) is 2. The molecule has 4 amide bonds. The molecule has 0 aromatic rings. The molecule has 9 heteroatoms. The number of hydrogen-bond acceptors (Lipinski definition) is 5. The van der Waals surface area contributed by atoms with E-state index < -0.39 is 35.4 Å². The van der Waals surface area contributed by atoms with Crippen LogP contribution < -0.4 is 16.8 Å². The minimum atomic E-state index is -0.992. The van der Waals surface area contributed by atoms with Crippen molar-refractivity contribution in [1.29, 1.82) is 0 Å². The molecule has 3 rings (SSSR count). The van der Waals surface area contributed by atoms with Crippen molar-refractivity contribution < 1.29 is 19.2 Å². The highest BCUT2D eigenvalue weighted by Gasteiger charge is 2.69. The Kier molecular flexibility index (Phi) is 5.64. The van der Waals surface area contributed by atoms with E-state index in [1.165, 1.54) is 0 Å². The summed E-state index contributed by atoms with van der Waals surface area (Å²) in [4.78, 5) is 53.4. The first-order valence-corrected chi connectivity index (χ1v) is 10.7. The van der Waals surface area contributed by atoms with E-state index in [1.807, 2.05) is 20.8 Å². The molecule has 0 aromatic heterocycles. The minimum Gasteiger partial charge on any atom is -0.368 e. The summed E-state index contributed by atoms with van der Waals surface area (Å²) in [7, 11) is 0. The maximum absolute atomic E-state index is 13.3. The Hall–Kier alpha value is -2.16. The second kappa shape index (κ2) is 7.51. The van der Waals surface area contributed by atoms with Crippen molar-refractivity contribution in [2.45, 2.75) is 65.6 Å². The maximum Gasteiger partial charge on any atom is 0.243 e. The molecule has 2 heterocycles. The molecule has 2 aliphatic heterocycles. The molecule has 3 fully saturated rings. The fourth-order valence-electron chi connectivity index (χ4n) is 4.94. The van der Waals surface area contributed by atoms with Crippen LogP contribution in [0.4, 0.5) is 0 Å². The Morgan fingerprint density at radius 2 is 1.90 bits per heavy atom. The van der Waals surface area contributed by atoms with Gasteiger partial charge in [-0.25, -0.2) is 0 Å². The predicted molar refractivity (Wildman–Crippen MR) is 111 cm³/mol. The number of piperidine rings is 1. The lowest BCUT2D eigenvalue weighted by Gasteiger charge is -2.36. The monoisotopic (exact) mass is 421 g/mol. The number of primary amides is 1. The second-order valence-electron chi connectivity index (χ2n) is 10.6. The minimum absolute atomic E-state index is 0.00978. The van der Waals surface area contributed by atoms with Crippen LogP contribution in [0.1, 0.15) is 47.5 Å². The van der Waals surface area contributed by atoms with Crippen LogP contribution in [0.2, 0.25) is 0 Å². The van der Waals surface area contributed by atoms with Crippen molar-refractivity contribution in [1.82, 2.24) is 15.1 Å². The van der Waals surface area contributed by atoms with Crippen molar-refractivity contribution in [3.05, 3.63) is 0 Å². The topological polar surface area (TPSA) is 139 Å². The fraction of sp³-hybridized carbons (Fsp3) is 0.810. The van der Waals surface area contributed by atoms with Crippen molar-refractivity contribution in [3.63, 3.8) is 0 Å². The number of amides is 4. The zero-order valence-electron chi connectivity index (χ0n) is 18.6. The van der Waals surface area contributed by atoms with Crippen LogP contribution in [0.25, 0.3) is 0 Å². The highest BCUT2D eigenvalue weighted by Crippen LogP contribution is 2.65. The third-order valence-corrected chi connectivity index (χ3v) is 7.19. The van der Waals surface area contributed by atoms with E-state index in [-0.39, 0.29) is 35.6 Å². The number of likely N-dealkylation sites (tertiary alicyclic amines) is 2. The SMILES string of the molecule is CC(C)(C)C(N)C(=O)N1CC2C(C1C(=O)NC(CN1CCCC1=O)C(N)=O)C2(C)C. The lowest BCUT2D eigenvalue weighted by molar-refractivity contribution is -0.143. The number of fused-ring (bicyclic) bond motifs is 1. The Balaban J connectivity index is 1.77. The standard InChI is InChI=1S/C21H35N5O4/c1-20(2,3)16(22)19(30)26-9-11-14(21(11,4)5)15(26)18(29)24-12(17(23)28)10-25-8-6-7-13(25)27/h11-12,14-16H,6-10,22H2,1-5H3,(H2,23,28)(H,24,29). The molecular formula is C21H35N5O4. The van der Waals surface area contributed by atoms with Gasteiger partial charge in [0, 0.05) is 26.1 Å². The van der Waals surface area contributed by atoms with Crippen LogP contribution in [0.5, 0.6) is 0 Å². The lowest BCUT2D eigenvalue weighted by Crippen LogP contribution is -2.60. The first kappa shape index (κ1) is 22.5. The molecule has 168 valence electrons. The number of nitrogens with one attached hydrogen (secondary N) is 1. The van der Waals surface area contributed by atoms with Gasteiger partial charge in [0.25, 0.3) is 0 Å². The summed E-state index contributed by atoms with van der Waals surface area (Å²) in [6.45, 7) is 10.9. The lowest BCUT2D eigenvalue weighted by atomic mass is 9.86. The maximum atomic E-state index is 13.3. The van der Waals surface area contributed by atoms with E-state index >= 15 is 0 Å². The summed E-state index contributed by atoms with van der Waals surface area (Å²) in [5.74, 6) is -1.18. The quantitative estimate of drug-likeness (QED) is 0.527. The molecule has 2 saturated heterocycles. The molecule has 0 radical (unpaired) electrons. The second-order valence-corrected chi connectivity index (χ2v) is 10.6. The smallest absolute Gasteiger partial charge is 0.243 e. The van der Waals surface area contributed by atoms with Gasteiger partial charge in [-0.1, -0.05) is 34.6 Å². The van der Waals surface area contributed by atoms with E-state index in [0.29, 0.717) is 19.5 Å². The average Bonchev–Trinajstić information content (AvgIpc) is 3.01. The van der Waals surface area contributed by atoms with E-state index in [1.54, 1.807) is 9.80 Å². The summed E-state index contributed by atoms with van der Waals surface area (Å²) in [6, 6.07) is -2.42. The molecule has 1 saturated carbocycles. The Morgan fingerprint density at radius 3 is 2.40 bits per heavy atom. The summed E-state index contributed by atoms with van der Waals surface area (Å²) < 4.78 is 0. The fourth-order valence-corrected chi connectivity index (χ4v) is 4.94. The number of rotatable bonds is 6. The first-order chi connectivity index (χ1) is 13.8. The summed E-state index contributed by atoms with van der Waals surface area (Å²) in [5, 5.41) is 2.72. The first-order valence-electron chi connectivity index (χ1n) is 10.7. The van der Waals surface area contributed by atoms with E-state index in [4.69, 9.17) is 11.5 Å². The van der Waals surface area contributed by atoms with E-state index in [0.717, 1.165) is 6.42 Å². The van der Waals surface area contributed by atoms with Gasteiger partial charge in [-0.3, -0.25) is 19.2 Å². The predicted octanol–water partition coefficient (Wildman–Crippen LogP) is -0.565. The number of hydrogen-bond donors (Lipinski definition) is 3. The van der Waals surface area contributed by atoms with Crippen molar-refractivity contribution in [3.8, 4) is 0 Å². The van der Waals surface area contributed by atoms with Gasteiger partial charge in [0.15, 0.2) is 0 Å². The average molecular weight is 422 g/mol. The van der Waals surface area contributed by atoms with Crippen LogP contribution in [-0.4, -0.2) is 71.2 Å². The van der Waals surface area contributed by atoms with Gasteiger partial charge in [-0.15, -0.1) is 0 Å². The molecule has 30 heavy (non-hydrogen) atoms. The molecule has 5 N–H and O–H groups in total. The van der Waals surface area contributed by atoms with Crippen LogP contribution >= 0.6 is 0 Å². The summed E-state index contributed by atoms with van der Waals surface area (Å²) in [6.07, 6.45) is 1.17. The largest absolute Gasteiger partial charge is 0.368 e. The number of carbonyl (C=O) groups excluding carboxylic acids is 4. The molecular weight excluding hydrogens is 386 g/mol. The third kappa shape index (κ3) is 3.91. The summed E-state index contributed by atoms with van der Waals surface area (Å²) >= 11 is 0. The van der Waals surface area contributed by atoms with Gasteiger partial charge >= 0.3 is 0 Å². The molecule has 0 aromatic carbocycles. The van der Waals surface area contributed by atoms with Gasteiger partial charge < -0.3 is 26.6 Å². The highest BCUT2D eigenvalue weighted by atomic mass is 16.2. The van der Waals surface area contributed by atoms with E-state index in [2.05, 4.69) is 19.2 Å². The van der Waals surface area contributed by atoms with Crippen molar-refractivity contribution in [2.24, 2.45) is 34.1 Å². The zero-order valence-corrected chi connectivity index (χ0v) is 18.6. The molecule has 0 bridgehead atoms. The molecule has 1 aliphatic carbocycles.